The van der Waals surface area contributed by atoms with Crippen molar-refractivity contribution in [1.29, 1.82) is 0 Å². The van der Waals surface area contributed by atoms with Crippen LogP contribution >= 0.6 is 20.7 Å². The summed E-state index contributed by atoms with van der Waals surface area (Å²) >= 11 is 3.35. The number of ether oxygens (including phenoxy) is 2. The number of nitrogens with two attached hydrogens (primary N) is 1. The van der Waals surface area contributed by atoms with E-state index in [1.807, 2.05) is 13.8 Å². The van der Waals surface area contributed by atoms with Crippen LogP contribution in [0.5, 0.6) is 0 Å². The Bertz CT molecular complexity index is 700. The first-order valence-corrected chi connectivity index (χ1v) is 9.42. The second kappa shape index (κ2) is 8.17. The Morgan fingerprint density at radius 1 is 1.52 bits per heavy atom. The summed E-state index contributed by atoms with van der Waals surface area (Å²) in [6, 6.07) is 1.44. The van der Waals surface area contributed by atoms with Gasteiger partial charge in [0.05, 0.1) is 6.10 Å². The summed E-state index contributed by atoms with van der Waals surface area (Å²) in [5.41, 5.74) is 4.87. The lowest BCUT2D eigenvalue weighted by Crippen LogP contribution is -2.38. The number of phosphoric acid groups is 1. The quantitative estimate of drug-likeness (QED) is 0.353. The molecule has 1 aliphatic heterocycles. The Balaban J connectivity index is 2.38. The van der Waals surface area contributed by atoms with Gasteiger partial charge >= 0.3 is 13.5 Å². The Morgan fingerprint density at radius 2 is 2.20 bits per heavy atom. The molecule has 2 heterocycles. The monoisotopic (exact) mass is 395 g/mol. The van der Waals surface area contributed by atoms with E-state index < -0.39 is 38.1 Å². The Kier molecular flexibility index (Phi) is 6.66. The van der Waals surface area contributed by atoms with E-state index in [0.29, 0.717) is 6.42 Å². The lowest BCUT2D eigenvalue weighted by atomic mass is 10.0. The number of nitrogen functional groups attached to an aromatic ring is 1. The van der Waals surface area contributed by atoms with Gasteiger partial charge in [0, 0.05) is 13.3 Å². The lowest BCUT2D eigenvalue weighted by molar-refractivity contribution is -0.0562. The Labute approximate surface area is 150 Å². The molecule has 142 valence electrons. The number of phosphoric ester groups is 1. The molecule has 0 aliphatic carbocycles. The van der Waals surface area contributed by atoms with Crippen LogP contribution in [-0.2, 0) is 22.5 Å². The molecule has 10 nitrogen and oxygen atoms in total. The number of rotatable bonds is 7. The summed E-state index contributed by atoms with van der Waals surface area (Å²) < 4.78 is 33.7. The van der Waals surface area contributed by atoms with Gasteiger partial charge in [-0.2, -0.15) is 4.98 Å². The molecule has 3 unspecified atom stereocenters. The van der Waals surface area contributed by atoms with Crippen LogP contribution in [0.15, 0.2) is 17.1 Å². The smallest absolute Gasteiger partial charge is 0.383 e. The van der Waals surface area contributed by atoms with Crippen LogP contribution in [0, 0.1) is 5.92 Å². The molecule has 0 radical (unpaired) electrons. The molecule has 5 atom stereocenters. The van der Waals surface area contributed by atoms with Gasteiger partial charge < -0.3 is 20.1 Å². The van der Waals surface area contributed by atoms with E-state index in [9.17, 15) is 14.3 Å². The molecule has 0 spiro atoms. The Morgan fingerprint density at radius 3 is 2.72 bits per heavy atom. The topological polar surface area (TPSA) is 135 Å². The second-order valence-electron chi connectivity index (χ2n) is 6.06. The average Bonchev–Trinajstić information content (AvgIpc) is 2.83. The van der Waals surface area contributed by atoms with Crippen LogP contribution < -0.4 is 11.4 Å². The third-order valence-electron chi connectivity index (χ3n) is 3.75. The third-order valence-corrected chi connectivity index (χ3v) is 5.08. The van der Waals surface area contributed by atoms with Gasteiger partial charge in [0.25, 0.3) is 0 Å². The number of anilines is 1. The first-order valence-electron chi connectivity index (χ1n) is 7.55. The molecule has 0 saturated carbocycles. The SMILES string of the molecule is COC1C(OP(=O)(O)OS)[C@@H](CC(C)C)O[C@H]1n1ccc(N)nc1=O. The van der Waals surface area contributed by atoms with Gasteiger partial charge in [-0.1, -0.05) is 13.8 Å². The van der Waals surface area contributed by atoms with Crippen LogP contribution in [0.4, 0.5) is 5.82 Å². The number of nitrogens with zero attached hydrogens (tertiary/aromatic N) is 2. The van der Waals surface area contributed by atoms with E-state index >= 15 is 0 Å². The number of thiol groups is 1. The molecule has 2 rings (SSSR count). The van der Waals surface area contributed by atoms with Gasteiger partial charge in [-0.05, 0) is 31.3 Å². The first-order chi connectivity index (χ1) is 11.7. The molecule has 0 aromatic carbocycles. The van der Waals surface area contributed by atoms with Crippen LogP contribution in [0.1, 0.15) is 26.5 Å². The summed E-state index contributed by atoms with van der Waals surface area (Å²) in [6.07, 6.45) is -1.39. The fourth-order valence-electron chi connectivity index (χ4n) is 2.76. The summed E-state index contributed by atoms with van der Waals surface area (Å²) in [5, 5.41) is 0. The van der Waals surface area contributed by atoms with Gasteiger partial charge in [-0.3, -0.25) is 9.09 Å². The molecule has 3 N–H and O–H groups in total. The van der Waals surface area contributed by atoms with E-state index in [0.717, 1.165) is 0 Å². The van der Waals surface area contributed by atoms with E-state index in [1.54, 1.807) is 0 Å². The summed E-state index contributed by atoms with van der Waals surface area (Å²) in [5.74, 6) is 0.270. The maximum atomic E-state index is 12.1. The van der Waals surface area contributed by atoms with Crippen LogP contribution in [-0.4, -0.2) is 39.9 Å². The van der Waals surface area contributed by atoms with Crippen LogP contribution in [0.2, 0.25) is 0 Å². The molecule has 25 heavy (non-hydrogen) atoms. The van der Waals surface area contributed by atoms with Gasteiger partial charge in [0.2, 0.25) is 0 Å². The summed E-state index contributed by atoms with van der Waals surface area (Å²) in [6.45, 7) is 3.92. The molecular weight excluding hydrogens is 373 g/mol. The zero-order chi connectivity index (χ0) is 18.8. The highest BCUT2D eigenvalue weighted by Gasteiger charge is 2.50. The molecule has 1 aliphatic rings. The molecule has 0 amide bonds. The number of aromatic nitrogens is 2. The fourth-order valence-corrected chi connectivity index (χ4v) is 3.47. The highest BCUT2D eigenvalue weighted by molar-refractivity contribution is 7.80. The Hall–Kier alpha value is -0.940. The number of hydrogen-bond donors (Lipinski definition) is 3. The van der Waals surface area contributed by atoms with Crippen LogP contribution in [0.25, 0.3) is 0 Å². The minimum atomic E-state index is -4.41. The van der Waals surface area contributed by atoms with Gasteiger partial charge in [0.15, 0.2) is 6.23 Å². The standard InChI is InChI=1S/C13H22N3O7PS/c1-7(2)6-8-10(22-24(18,19)23-25)11(20-3)12(21-8)16-5-4-9(14)15-13(16)17/h4-5,7-8,10-12,25H,6H2,1-3H3,(H,18,19)(H2,14,15,17)/t8-,10?,11?,12-/m1/s1. The second-order valence-corrected chi connectivity index (χ2v) is 7.86. The molecule has 1 aromatic heterocycles. The number of methoxy groups -OCH3 is 1. The van der Waals surface area contributed by atoms with Crippen LogP contribution in [0.3, 0.4) is 0 Å². The van der Waals surface area contributed by atoms with Crippen molar-refractivity contribution >= 4 is 26.6 Å². The molecule has 1 saturated heterocycles. The third kappa shape index (κ3) is 4.82. The average molecular weight is 395 g/mol. The normalized spacial score (nSPS) is 29.0. The zero-order valence-electron chi connectivity index (χ0n) is 14.0. The van der Waals surface area contributed by atoms with E-state index in [2.05, 4.69) is 21.9 Å². The van der Waals surface area contributed by atoms with Crippen molar-refractivity contribution in [3.05, 3.63) is 22.7 Å². The molecule has 0 bridgehead atoms. The van der Waals surface area contributed by atoms with Crippen molar-refractivity contribution in [1.82, 2.24) is 9.55 Å². The minimum absolute atomic E-state index is 0.0723. The van der Waals surface area contributed by atoms with Crippen molar-refractivity contribution < 1.29 is 27.4 Å². The largest absolute Gasteiger partial charge is 0.483 e. The van der Waals surface area contributed by atoms with Crippen molar-refractivity contribution in [3.63, 3.8) is 0 Å². The van der Waals surface area contributed by atoms with Crippen molar-refractivity contribution in [2.75, 3.05) is 12.8 Å². The minimum Gasteiger partial charge on any atom is -0.383 e. The van der Waals surface area contributed by atoms with E-state index in [1.165, 1.54) is 23.9 Å². The highest BCUT2D eigenvalue weighted by atomic mass is 32.1. The molecule has 1 aromatic rings. The number of hydrogen-bond acceptors (Lipinski definition) is 9. The van der Waals surface area contributed by atoms with Crippen molar-refractivity contribution in [2.24, 2.45) is 5.92 Å². The summed E-state index contributed by atoms with van der Waals surface area (Å²) in [4.78, 5) is 25.4. The molecule has 1 fully saturated rings. The van der Waals surface area contributed by atoms with E-state index in [4.69, 9.17) is 19.7 Å². The van der Waals surface area contributed by atoms with Gasteiger partial charge in [0.1, 0.15) is 18.0 Å². The fraction of sp³-hybridized carbons (Fsp3) is 0.692. The summed E-state index contributed by atoms with van der Waals surface area (Å²) in [7, 11) is -3.03. The maximum Gasteiger partial charge on any atom is 0.483 e. The highest BCUT2D eigenvalue weighted by Crippen LogP contribution is 2.50. The van der Waals surface area contributed by atoms with Crippen molar-refractivity contribution in [3.8, 4) is 0 Å². The van der Waals surface area contributed by atoms with Crippen molar-refractivity contribution in [2.45, 2.75) is 44.8 Å². The van der Waals surface area contributed by atoms with E-state index in [-0.39, 0.29) is 11.7 Å². The lowest BCUT2D eigenvalue weighted by Gasteiger charge is -2.24. The molecular formula is C13H22N3O7PS. The maximum absolute atomic E-state index is 12.1. The van der Waals surface area contributed by atoms with Gasteiger partial charge in [-0.25, -0.2) is 13.3 Å². The predicted octanol–water partition coefficient (Wildman–Crippen LogP) is 1.13. The first kappa shape index (κ1) is 20.4. The predicted molar refractivity (Wildman–Crippen MR) is 91.8 cm³/mol. The van der Waals surface area contributed by atoms with Gasteiger partial charge in [-0.15, -0.1) is 0 Å². The molecule has 12 heteroatoms. The zero-order valence-corrected chi connectivity index (χ0v) is 15.8.